The number of methoxy groups -OCH3 is 1. The second kappa shape index (κ2) is 7.90. The van der Waals surface area contributed by atoms with E-state index in [-0.39, 0.29) is 0 Å². The van der Waals surface area contributed by atoms with E-state index in [2.05, 4.69) is 30.1 Å². The van der Waals surface area contributed by atoms with Crippen molar-refractivity contribution in [1.82, 2.24) is 15.0 Å². The lowest BCUT2D eigenvalue weighted by atomic mass is 10.3. The highest BCUT2D eigenvalue weighted by molar-refractivity contribution is 5.58. The molecule has 1 N–H and O–H groups in total. The second-order valence-corrected chi connectivity index (χ2v) is 6.26. The number of anilines is 4. The van der Waals surface area contributed by atoms with Gasteiger partial charge in [-0.2, -0.15) is 4.98 Å². The zero-order valence-corrected chi connectivity index (χ0v) is 15.2. The quantitative estimate of drug-likeness (QED) is 0.748. The molecule has 3 heterocycles. The molecule has 0 saturated carbocycles. The predicted octanol–water partition coefficient (Wildman–Crippen LogP) is 2.95. The Labute approximate surface area is 158 Å². The van der Waals surface area contributed by atoms with Crippen molar-refractivity contribution in [2.24, 2.45) is 0 Å². The van der Waals surface area contributed by atoms with E-state index in [9.17, 15) is 0 Å². The summed E-state index contributed by atoms with van der Waals surface area (Å²) in [4.78, 5) is 18.0. The topological polar surface area (TPSA) is 66.4 Å². The largest absolute Gasteiger partial charge is 0.497 e. The van der Waals surface area contributed by atoms with Crippen LogP contribution in [-0.2, 0) is 0 Å². The lowest BCUT2D eigenvalue weighted by Gasteiger charge is -2.35. The molecule has 4 rings (SSSR count). The van der Waals surface area contributed by atoms with Crippen molar-refractivity contribution in [2.45, 2.75) is 0 Å². The number of nitrogens with zero attached hydrogens (tertiary/aromatic N) is 5. The number of hydrogen-bond donors (Lipinski definition) is 1. The third kappa shape index (κ3) is 4.08. The average molecular weight is 362 g/mol. The maximum Gasteiger partial charge on any atom is 0.227 e. The van der Waals surface area contributed by atoms with Gasteiger partial charge in [0.05, 0.1) is 7.11 Å². The summed E-state index contributed by atoms with van der Waals surface area (Å²) in [7, 11) is 1.66. The van der Waals surface area contributed by atoms with Gasteiger partial charge in [0.1, 0.15) is 17.4 Å². The highest BCUT2D eigenvalue weighted by Gasteiger charge is 2.20. The third-order valence-electron chi connectivity index (χ3n) is 4.54. The highest BCUT2D eigenvalue weighted by atomic mass is 16.5. The number of benzene rings is 1. The zero-order chi connectivity index (χ0) is 18.5. The van der Waals surface area contributed by atoms with E-state index in [1.807, 2.05) is 54.7 Å². The monoisotopic (exact) mass is 362 g/mol. The Morgan fingerprint density at radius 2 is 1.63 bits per heavy atom. The minimum Gasteiger partial charge on any atom is -0.497 e. The van der Waals surface area contributed by atoms with E-state index in [1.165, 1.54) is 0 Å². The summed E-state index contributed by atoms with van der Waals surface area (Å²) in [5.41, 5.74) is 0.959. The predicted molar refractivity (Wildman–Crippen MR) is 107 cm³/mol. The van der Waals surface area contributed by atoms with E-state index in [0.717, 1.165) is 55.2 Å². The summed E-state index contributed by atoms with van der Waals surface area (Å²) in [6.07, 6.45) is 3.62. The van der Waals surface area contributed by atoms with Crippen LogP contribution in [0.3, 0.4) is 0 Å². The fraction of sp³-hybridized carbons (Fsp3) is 0.250. The molecule has 138 valence electrons. The van der Waals surface area contributed by atoms with Crippen LogP contribution >= 0.6 is 0 Å². The van der Waals surface area contributed by atoms with Crippen molar-refractivity contribution in [3.63, 3.8) is 0 Å². The van der Waals surface area contributed by atoms with Crippen molar-refractivity contribution in [2.75, 3.05) is 48.4 Å². The van der Waals surface area contributed by atoms with Gasteiger partial charge in [-0.05, 0) is 42.5 Å². The number of piperazine rings is 1. The number of hydrogen-bond acceptors (Lipinski definition) is 7. The lowest BCUT2D eigenvalue weighted by molar-refractivity contribution is 0.415. The summed E-state index contributed by atoms with van der Waals surface area (Å²) in [6.45, 7) is 3.53. The van der Waals surface area contributed by atoms with Gasteiger partial charge in [-0.3, -0.25) is 0 Å². The number of ether oxygens (including phenoxy) is 1. The summed E-state index contributed by atoms with van der Waals surface area (Å²) in [6, 6.07) is 15.6. The average Bonchev–Trinajstić information content (AvgIpc) is 2.75. The van der Waals surface area contributed by atoms with Crippen LogP contribution in [0, 0.1) is 0 Å². The molecule has 3 aromatic rings. The Balaban J connectivity index is 1.40. The summed E-state index contributed by atoms with van der Waals surface area (Å²) in [5.74, 6) is 3.37. The van der Waals surface area contributed by atoms with Gasteiger partial charge in [0, 0.05) is 44.3 Å². The minimum atomic E-state index is 0.745. The van der Waals surface area contributed by atoms with E-state index in [0.29, 0.717) is 0 Å². The molecule has 2 aromatic heterocycles. The molecule has 7 heteroatoms. The lowest BCUT2D eigenvalue weighted by Crippen LogP contribution is -2.47. The Kier molecular flexibility index (Phi) is 5.00. The molecule has 0 aliphatic carbocycles. The van der Waals surface area contributed by atoms with Gasteiger partial charge in [0.15, 0.2) is 0 Å². The second-order valence-electron chi connectivity index (χ2n) is 6.26. The molecular weight excluding hydrogens is 340 g/mol. The standard InChI is InChI=1S/C20H22N6O/c1-27-17-7-5-16(6-8-17)23-18-9-11-22-20(24-18)26-14-12-25(13-15-26)19-4-2-3-10-21-19/h2-11H,12-15H2,1H3,(H,22,23,24). The summed E-state index contributed by atoms with van der Waals surface area (Å²) < 4.78 is 5.19. The molecule has 0 spiro atoms. The van der Waals surface area contributed by atoms with Gasteiger partial charge in [-0.1, -0.05) is 6.07 Å². The molecular formula is C20H22N6O. The van der Waals surface area contributed by atoms with Crippen LogP contribution < -0.4 is 19.9 Å². The van der Waals surface area contributed by atoms with Gasteiger partial charge in [0.25, 0.3) is 0 Å². The Morgan fingerprint density at radius 1 is 0.852 bits per heavy atom. The number of rotatable bonds is 5. The minimum absolute atomic E-state index is 0.745. The maximum atomic E-state index is 5.19. The van der Waals surface area contributed by atoms with Crippen LogP contribution in [0.25, 0.3) is 0 Å². The summed E-state index contributed by atoms with van der Waals surface area (Å²) in [5, 5.41) is 3.32. The van der Waals surface area contributed by atoms with Crippen LogP contribution in [0.15, 0.2) is 60.9 Å². The molecule has 0 radical (unpaired) electrons. The SMILES string of the molecule is COc1ccc(Nc2ccnc(N3CCN(c4ccccn4)CC3)n2)cc1. The molecule has 1 aliphatic heterocycles. The third-order valence-corrected chi connectivity index (χ3v) is 4.54. The molecule has 1 saturated heterocycles. The molecule has 27 heavy (non-hydrogen) atoms. The van der Waals surface area contributed by atoms with Crippen molar-refractivity contribution in [3.05, 3.63) is 60.9 Å². The maximum absolute atomic E-state index is 5.19. The van der Waals surface area contributed by atoms with Crippen LogP contribution in [-0.4, -0.2) is 48.2 Å². The first-order valence-corrected chi connectivity index (χ1v) is 8.97. The number of nitrogens with one attached hydrogen (secondary N) is 1. The Morgan fingerprint density at radius 3 is 2.33 bits per heavy atom. The molecule has 1 fully saturated rings. The van der Waals surface area contributed by atoms with E-state index in [4.69, 9.17) is 4.74 Å². The molecule has 1 aliphatic rings. The van der Waals surface area contributed by atoms with E-state index in [1.54, 1.807) is 13.3 Å². The van der Waals surface area contributed by atoms with Gasteiger partial charge in [0.2, 0.25) is 5.95 Å². The first-order valence-electron chi connectivity index (χ1n) is 8.97. The van der Waals surface area contributed by atoms with Crippen molar-refractivity contribution >= 4 is 23.3 Å². The normalized spacial score (nSPS) is 14.1. The van der Waals surface area contributed by atoms with Crippen molar-refractivity contribution in [1.29, 1.82) is 0 Å². The van der Waals surface area contributed by atoms with Gasteiger partial charge < -0.3 is 19.9 Å². The van der Waals surface area contributed by atoms with Gasteiger partial charge in [-0.15, -0.1) is 0 Å². The van der Waals surface area contributed by atoms with Crippen LogP contribution in [0.5, 0.6) is 5.75 Å². The Bertz CT molecular complexity index is 863. The Hall–Kier alpha value is -3.35. The molecule has 1 aromatic carbocycles. The first-order chi connectivity index (χ1) is 13.3. The first kappa shape index (κ1) is 17.1. The number of aromatic nitrogens is 3. The highest BCUT2D eigenvalue weighted by Crippen LogP contribution is 2.21. The van der Waals surface area contributed by atoms with Crippen LogP contribution in [0.2, 0.25) is 0 Å². The molecule has 0 amide bonds. The van der Waals surface area contributed by atoms with Crippen LogP contribution in [0.4, 0.5) is 23.3 Å². The number of pyridine rings is 1. The van der Waals surface area contributed by atoms with E-state index < -0.39 is 0 Å². The van der Waals surface area contributed by atoms with Crippen molar-refractivity contribution in [3.8, 4) is 5.75 Å². The fourth-order valence-corrected chi connectivity index (χ4v) is 3.07. The summed E-state index contributed by atoms with van der Waals surface area (Å²) >= 11 is 0. The smallest absolute Gasteiger partial charge is 0.227 e. The van der Waals surface area contributed by atoms with Crippen LogP contribution in [0.1, 0.15) is 0 Å². The molecule has 7 nitrogen and oxygen atoms in total. The zero-order valence-electron chi connectivity index (χ0n) is 15.2. The molecule has 0 bridgehead atoms. The van der Waals surface area contributed by atoms with Gasteiger partial charge >= 0.3 is 0 Å². The van der Waals surface area contributed by atoms with Gasteiger partial charge in [-0.25, -0.2) is 9.97 Å². The van der Waals surface area contributed by atoms with E-state index >= 15 is 0 Å². The molecule has 0 atom stereocenters. The van der Waals surface area contributed by atoms with Crippen molar-refractivity contribution < 1.29 is 4.74 Å². The fourth-order valence-electron chi connectivity index (χ4n) is 3.07. The molecule has 0 unspecified atom stereocenters.